The minimum Gasteiger partial charge on any atom is -0.369 e. The predicted molar refractivity (Wildman–Crippen MR) is 44.7 cm³/mol. The monoisotopic (exact) mass is 137 g/mol. The first-order valence-electron chi connectivity index (χ1n) is 3.56. The van der Waals surface area contributed by atoms with E-state index in [0.717, 1.165) is 6.42 Å². The van der Waals surface area contributed by atoms with Gasteiger partial charge in [-0.15, -0.1) is 0 Å². The molecule has 1 rings (SSSR count). The van der Waals surface area contributed by atoms with E-state index in [9.17, 15) is 0 Å². The third-order valence-corrected chi connectivity index (χ3v) is 2.60. The summed E-state index contributed by atoms with van der Waals surface area (Å²) >= 11 is 0. The maximum absolute atomic E-state index is 4.01. The first kappa shape index (κ1) is 7.39. The molecular formula is C9H15N. The standard InChI is InChI=1S/C9H15N/c1-7-6-8(2)10(5)9(7,3)4/h1-2,6H2,3-5H3. The van der Waals surface area contributed by atoms with E-state index in [4.69, 9.17) is 0 Å². The van der Waals surface area contributed by atoms with Crippen LogP contribution in [0.3, 0.4) is 0 Å². The molecule has 0 unspecified atom stereocenters. The molecule has 0 radical (unpaired) electrons. The van der Waals surface area contributed by atoms with Crippen molar-refractivity contribution in [1.29, 1.82) is 0 Å². The van der Waals surface area contributed by atoms with E-state index >= 15 is 0 Å². The lowest BCUT2D eigenvalue weighted by Gasteiger charge is -2.30. The number of likely N-dealkylation sites (N-methyl/N-ethyl adjacent to an activating group) is 1. The molecule has 0 saturated carbocycles. The van der Waals surface area contributed by atoms with Crippen molar-refractivity contribution in [3.63, 3.8) is 0 Å². The summed E-state index contributed by atoms with van der Waals surface area (Å²) in [6, 6.07) is 0. The number of rotatable bonds is 0. The summed E-state index contributed by atoms with van der Waals surface area (Å²) in [7, 11) is 2.07. The van der Waals surface area contributed by atoms with Gasteiger partial charge in [0.1, 0.15) is 0 Å². The Morgan fingerprint density at radius 2 is 1.90 bits per heavy atom. The van der Waals surface area contributed by atoms with Crippen molar-refractivity contribution in [2.75, 3.05) is 7.05 Å². The summed E-state index contributed by atoms with van der Waals surface area (Å²) in [5.41, 5.74) is 2.56. The minimum atomic E-state index is 0.122. The zero-order valence-corrected chi connectivity index (χ0v) is 7.07. The Morgan fingerprint density at radius 1 is 1.40 bits per heavy atom. The lowest BCUT2D eigenvalue weighted by Crippen LogP contribution is -2.34. The highest BCUT2D eigenvalue weighted by molar-refractivity contribution is 5.29. The molecule has 0 amide bonds. The van der Waals surface area contributed by atoms with Crippen LogP contribution in [-0.2, 0) is 0 Å². The number of hydrogen-bond donors (Lipinski definition) is 0. The van der Waals surface area contributed by atoms with Gasteiger partial charge in [-0.3, -0.25) is 0 Å². The smallest absolute Gasteiger partial charge is 0.0552 e. The Labute approximate surface area is 63.0 Å². The molecule has 1 heteroatoms. The molecule has 1 saturated heterocycles. The third-order valence-electron chi connectivity index (χ3n) is 2.60. The van der Waals surface area contributed by atoms with E-state index in [1.807, 2.05) is 0 Å². The summed E-state index contributed by atoms with van der Waals surface area (Å²) < 4.78 is 0. The van der Waals surface area contributed by atoms with E-state index in [1.165, 1.54) is 11.3 Å². The molecule has 1 heterocycles. The summed E-state index contributed by atoms with van der Waals surface area (Å²) in [4.78, 5) is 2.19. The van der Waals surface area contributed by atoms with Crippen molar-refractivity contribution in [2.45, 2.75) is 25.8 Å². The largest absolute Gasteiger partial charge is 0.369 e. The van der Waals surface area contributed by atoms with Gasteiger partial charge in [-0.1, -0.05) is 13.2 Å². The Kier molecular flexibility index (Phi) is 1.39. The molecule has 0 aliphatic carbocycles. The van der Waals surface area contributed by atoms with Gasteiger partial charge in [-0.2, -0.15) is 0 Å². The van der Waals surface area contributed by atoms with Crippen LogP contribution in [0.4, 0.5) is 0 Å². The fourth-order valence-corrected chi connectivity index (χ4v) is 1.21. The van der Waals surface area contributed by atoms with Crippen LogP contribution in [0.25, 0.3) is 0 Å². The number of allylic oxidation sites excluding steroid dienone is 1. The molecule has 0 atom stereocenters. The van der Waals surface area contributed by atoms with Gasteiger partial charge in [0, 0.05) is 19.2 Å². The van der Waals surface area contributed by atoms with Crippen LogP contribution in [0.5, 0.6) is 0 Å². The predicted octanol–water partition coefficient (Wildman–Crippen LogP) is 2.17. The van der Waals surface area contributed by atoms with Crippen molar-refractivity contribution in [2.24, 2.45) is 0 Å². The summed E-state index contributed by atoms with van der Waals surface area (Å²) in [5, 5.41) is 0. The minimum absolute atomic E-state index is 0.122. The van der Waals surface area contributed by atoms with E-state index in [2.05, 4.69) is 39.0 Å². The molecule has 1 nitrogen and oxygen atoms in total. The fourth-order valence-electron chi connectivity index (χ4n) is 1.21. The zero-order chi connectivity index (χ0) is 7.94. The van der Waals surface area contributed by atoms with Gasteiger partial charge < -0.3 is 4.90 Å². The molecule has 0 N–H and O–H groups in total. The van der Waals surface area contributed by atoms with Crippen LogP contribution in [0, 0.1) is 0 Å². The van der Waals surface area contributed by atoms with Gasteiger partial charge in [0.15, 0.2) is 0 Å². The van der Waals surface area contributed by atoms with Crippen LogP contribution < -0.4 is 0 Å². The van der Waals surface area contributed by atoms with E-state index in [-0.39, 0.29) is 5.54 Å². The van der Waals surface area contributed by atoms with Gasteiger partial charge in [0.25, 0.3) is 0 Å². The van der Waals surface area contributed by atoms with Crippen LogP contribution in [0.2, 0.25) is 0 Å². The molecular weight excluding hydrogens is 122 g/mol. The molecule has 56 valence electrons. The van der Waals surface area contributed by atoms with Gasteiger partial charge in [0.2, 0.25) is 0 Å². The van der Waals surface area contributed by atoms with E-state index in [0.29, 0.717) is 0 Å². The molecule has 0 aromatic heterocycles. The molecule has 0 spiro atoms. The van der Waals surface area contributed by atoms with Gasteiger partial charge in [-0.05, 0) is 19.4 Å². The average Bonchev–Trinajstić information content (AvgIpc) is 1.97. The van der Waals surface area contributed by atoms with Crippen molar-refractivity contribution in [3.05, 3.63) is 24.4 Å². The normalized spacial score (nSPS) is 24.1. The second kappa shape index (κ2) is 1.88. The number of likely N-dealkylation sites (tertiary alicyclic amines) is 1. The number of nitrogens with zero attached hydrogens (tertiary/aromatic N) is 1. The Bertz CT molecular complexity index is 189. The first-order chi connectivity index (χ1) is 4.46. The first-order valence-corrected chi connectivity index (χ1v) is 3.56. The zero-order valence-electron chi connectivity index (χ0n) is 7.07. The van der Waals surface area contributed by atoms with Crippen molar-refractivity contribution in [1.82, 2.24) is 4.90 Å². The lowest BCUT2D eigenvalue weighted by atomic mass is 9.97. The highest BCUT2D eigenvalue weighted by Gasteiger charge is 2.34. The van der Waals surface area contributed by atoms with Gasteiger partial charge >= 0.3 is 0 Å². The third kappa shape index (κ3) is 0.772. The summed E-state index contributed by atoms with van der Waals surface area (Å²) in [5.74, 6) is 0. The molecule has 1 aliphatic rings. The second-order valence-electron chi connectivity index (χ2n) is 3.46. The second-order valence-corrected chi connectivity index (χ2v) is 3.46. The van der Waals surface area contributed by atoms with Gasteiger partial charge in [-0.25, -0.2) is 0 Å². The Morgan fingerprint density at radius 3 is 2.00 bits per heavy atom. The van der Waals surface area contributed by atoms with E-state index < -0.39 is 0 Å². The highest BCUT2D eigenvalue weighted by Crippen LogP contribution is 2.36. The van der Waals surface area contributed by atoms with Crippen LogP contribution in [-0.4, -0.2) is 17.5 Å². The maximum Gasteiger partial charge on any atom is 0.0552 e. The number of hydrogen-bond acceptors (Lipinski definition) is 1. The van der Waals surface area contributed by atoms with Crippen molar-refractivity contribution >= 4 is 0 Å². The average molecular weight is 137 g/mol. The fraction of sp³-hybridized carbons (Fsp3) is 0.556. The van der Waals surface area contributed by atoms with Crippen molar-refractivity contribution in [3.8, 4) is 0 Å². The highest BCUT2D eigenvalue weighted by atomic mass is 15.2. The van der Waals surface area contributed by atoms with Crippen LogP contribution in [0.1, 0.15) is 20.3 Å². The van der Waals surface area contributed by atoms with Crippen LogP contribution in [0.15, 0.2) is 24.4 Å². The quantitative estimate of drug-likeness (QED) is 0.462. The van der Waals surface area contributed by atoms with Gasteiger partial charge in [0.05, 0.1) is 5.54 Å². The van der Waals surface area contributed by atoms with Crippen LogP contribution >= 0.6 is 0 Å². The molecule has 1 aliphatic heterocycles. The summed E-state index contributed by atoms with van der Waals surface area (Å²) in [6.07, 6.45) is 0.962. The Hall–Kier alpha value is -0.720. The molecule has 0 aromatic rings. The lowest BCUT2D eigenvalue weighted by molar-refractivity contribution is 0.287. The van der Waals surface area contributed by atoms with E-state index in [1.54, 1.807) is 0 Å². The molecule has 10 heavy (non-hydrogen) atoms. The maximum atomic E-state index is 4.01. The molecule has 0 bridgehead atoms. The Balaban J connectivity index is 2.96. The SMILES string of the molecule is C=C1CC(=C)C(C)(C)N1C. The summed E-state index contributed by atoms with van der Waals surface area (Å²) in [6.45, 7) is 12.3. The van der Waals surface area contributed by atoms with Crippen molar-refractivity contribution < 1.29 is 0 Å². The topological polar surface area (TPSA) is 3.24 Å². The molecule has 0 aromatic carbocycles. The molecule has 1 fully saturated rings.